The summed E-state index contributed by atoms with van der Waals surface area (Å²) in [4.78, 5) is 1.38. The molecule has 0 unspecified atom stereocenters. The molecule has 76 valence electrons. The van der Waals surface area contributed by atoms with Crippen molar-refractivity contribution in [1.82, 2.24) is 0 Å². The normalized spacial score (nSPS) is 27.7. The molecule has 1 fully saturated rings. The Morgan fingerprint density at radius 3 is 2.71 bits per heavy atom. The SMILES string of the molecule is CC1(N)CCC(=Cc2cccs2)CC1. The minimum Gasteiger partial charge on any atom is -0.325 e. The van der Waals surface area contributed by atoms with Crippen molar-refractivity contribution in [2.45, 2.75) is 38.1 Å². The van der Waals surface area contributed by atoms with E-state index in [2.05, 4.69) is 30.5 Å². The molecule has 1 aromatic rings. The molecule has 0 radical (unpaired) electrons. The first kappa shape index (κ1) is 9.94. The van der Waals surface area contributed by atoms with Gasteiger partial charge in [0.25, 0.3) is 0 Å². The fourth-order valence-corrected chi connectivity index (χ4v) is 2.57. The summed E-state index contributed by atoms with van der Waals surface area (Å²) >= 11 is 1.81. The zero-order valence-corrected chi connectivity index (χ0v) is 9.44. The van der Waals surface area contributed by atoms with Gasteiger partial charge in [-0.3, -0.25) is 0 Å². The summed E-state index contributed by atoms with van der Waals surface area (Å²) in [5.74, 6) is 0. The van der Waals surface area contributed by atoms with Crippen molar-refractivity contribution in [3.05, 3.63) is 28.0 Å². The Kier molecular flexibility index (Phi) is 2.75. The second-order valence-electron chi connectivity index (χ2n) is 4.47. The van der Waals surface area contributed by atoms with Crippen molar-refractivity contribution >= 4 is 17.4 Å². The quantitative estimate of drug-likeness (QED) is 0.750. The van der Waals surface area contributed by atoms with E-state index < -0.39 is 0 Å². The van der Waals surface area contributed by atoms with Crippen LogP contribution in [0.2, 0.25) is 0 Å². The van der Waals surface area contributed by atoms with Gasteiger partial charge in [-0.2, -0.15) is 0 Å². The molecule has 1 nitrogen and oxygen atoms in total. The minimum absolute atomic E-state index is 0.0762. The molecule has 2 heteroatoms. The first-order valence-corrected chi connectivity index (χ1v) is 6.06. The minimum atomic E-state index is 0.0762. The third-order valence-corrected chi connectivity index (χ3v) is 3.74. The number of hydrogen-bond donors (Lipinski definition) is 1. The molecule has 0 spiro atoms. The monoisotopic (exact) mass is 207 g/mol. The molecule has 0 amide bonds. The summed E-state index contributed by atoms with van der Waals surface area (Å²) in [5.41, 5.74) is 7.73. The number of nitrogens with two attached hydrogens (primary N) is 1. The predicted octanol–water partition coefficient (Wildman–Crippen LogP) is 3.42. The van der Waals surface area contributed by atoms with Crippen molar-refractivity contribution in [2.24, 2.45) is 5.73 Å². The first-order valence-electron chi connectivity index (χ1n) is 5.18. The molecule has 2 N–H and O–H groups in total. The van der Waals surface area contributed by atoms with Crippen LogP contribution in [-0.4, -0.2) is 5.54 Å². The Morgan fingerprint density at radius 2 is 2.14 bits per heavy atom. The molecule has 0 aliphatic heterocycles. The van der Waals surface area contributed by atoms with Gasteiger partial charge in [-0.1, -0.05) is 11.6 Å². The van der Waals surface area contributed by atoms with E-state index in [9.17, 15) is 0 Å². The molecule has 1 saturated carbocycles. The summed E-state index contributed by atoms with van der Waals surface area (Å²) in [6, 6.07) is 4.28. The topological polar surface area (TPSA) is 26.0 Å². The predicted molar refractivity (Wildman–Crippen MR) is 63.4 cm³/mol. The third kappa shape index (κ3) is 2.46. The van der Waals surface area contributed by atoms with Gasteiger partial charge in [-0.15, -0.1) is 11.3 Å². The van der Waals surface area contributed by atoms with E-state index >= 15 is 0 Å². The van der Waals surface area contributed by atoms with E-state index in [1.54, 1.807) is 5.57 Å². The van der Waals surface area contributed by atoms with Crippen molar-refractivity contribution in [3.63, 3.8) is 0 Å². The Hall–Kier alpha value is -0.600. The lowest BCUT2D eigenvalue weighted by molar-refractivity contribution is 0.367. The van der Waals surface area contributed by atoms with E-state index in [-0.39, 0.29) is 5.54 Å². The van der Waals surface area contributed by atoms with Gasteiger partial charge in [0.15, 0.2) is 0 Å². The maximum Gasteiger partial charge on any atom is 0.0269 e. The van der Waals surface area contributed by atoms with Gasteiger partial charge in [0, 0.05) is 10.4 Å². The molecular weight excluding hydrogens is 190 g/mol. The summed E-state index contributed by atoms with van der Waals surface area (Å²) in [6.45, 7) is 2.16. The molecule has 2 rings (SSSR count). The summed E-state index contributed by atoms with van der Waals surface area (Å²) < 4.78 is 0. The highest BCUT2D eigenvalue weighted by Gasteiger charge is 2.23. The van der Waals surface area contributed by atoms with E-state index in [0.717, 1.165) is 12.8 Å². The number of rotatable bonds is 1. The van der Waals surface area contributed by atoms with Gasteiger partial charge in [0.05, 0.1) is 0 Å². The molecule has 14 heavy (non-hydrogen) atoms. The van der Waals surface area contributed by atoms with Crippen molar-refractivity contribution < 1.29 is 0 Å². The number of hydrogen-bond acceptors (Lipinski definition) is 2. The van der Waals surface area contributed by atoms with Crippen molar-refractivity contribution in [1.29, 1.82) is 0 Å². The van der Waals surface area contributed by atoms with E-state index in [1.807, 2.05) is 11.3 Å². The third-order valence-electron chi connectivity index (χ3n) is 2.92. The molecule has 0 saturated heterocycles. The zero-order valence-electron chi connectivity index (χ0n) is 8.62. The highest BCUT2D eigenvalue weighted by Crippen LogP contribution is 2.31. The average molecular weight is 207 g/mol. The molecular formula is C12H17NS. The second kappa shape index (κ2) is 3.87. The van der Waals surface area contributed by atoms with Crippen LogP contribution in [0.15, 0.2) is 23.1 Å². The highest BCUT2D eigenvalue weighted by molar-refractivity contribution is 7.10. The van der Waals surface area contributed by atoms with Crippen LogP contribution in [0.25, 0.3) is 6.08 Å². The van der Waals surface area contributed by atoms with Gasteiger partial charge in [-0.05, 0) is 50.1 Å². The number of allylic oxidation sites excluding steroid dienone is 1. The molecule has 1 heterocycles. The van der Waals surface area contributed by atoms with Gasteiger partial charge >= 0.3 is 0 Å². The van der Waals surface area contributed by atoms with Gasteiger partial charge < -0.3 is 5.73 Å². The Morgan fingerprint density at radius 1 is 1.43 bits per heavy atom. The van der Waals surface area contributed by atoms with Crippen LogP contribution in [-0.2, 0) is 0 Å². The Balaban J connectivity index is 2.02. The van der Waals surface area contributed by atoms with E-state index in [0.29, 0.717) is 0 Å². The maximum atomic E-state index is 6.09. The molecule has 0 aromatic carbocycles. The lowest BCUT2D eigenvalue weighted by atomic mass is 9.81. The van der Waals surface area contributed by atoms with Crippen LogP contribution >= 0.6 is 11.3 Å². The molecule has 1 aromatic heterocycles. The van der Waals surface area contributed by atoms with Gasteiger partial charge in [0.1, 0.15) is 0 Å². The average Bonchev–Trinajstić information content (AvgIpc) is 2.61. The highest BCUT2D eigenvalue weighted by atomic mass is 32.1. The maximum absolute atomic E-state index is 6.09. The van der Waals surface area contributed by atoms with Crippen molar-refractivity contribution in [3.8, 4) is 0 Å². The fourth-order valence-electron chi connectivity index (χ4n) is 1.86. The van der Waals surface area contributed by atoms with Crippen LogP contribution in [0.1, 0.15) is 37.5 Å². The fraction of sp³-hybridized carbons (Fsp3) is 0.500. The van der Waals surface area contributed by atoms with Crippen LogP contribution < -0.4 is 5.73 Å². The summed E-state index contributed by atoms with van der Waals surface area (Å²) in [7, 11) is 0. The van der Waals surface area contributed by atoms with E-state index in [4.69, 9.17) is 5.73 Å². The van der Waals surface area contributed by atoms with E-state index in [1.165, 1.54) is 17.7 Å². The molecule has 0 atom stereocenters. The Bertz CT molecular complexity index is 310. The zero-order chi connectivity index (χ0) is 10.0. The van der Waals surface area contributed by atoms with Crippen LogP contribution in [0.3, 0.4) is 0 Å². The van der Waals surface area contributed by atoms with Crippen LogP contribution in [0.4, 0.5) is 0 Å². The van der Waals surface area contributed by atoms with Crippen LogP contribution in [0.5, 0.6) is 0 Å². The summed E-state index contributed by atoms with van der Waals surface area (Å²) in [5, 5.41) is 2.13. The Labute approximate surface area is 89.6 Å². The molecule has 1 aliphatic rings. The lowest BCUT2D eigenvalue weighted by Gasteiger charge is -2.30. The van der Waals surface area contributed by atoms with Gasteiger partial charge in [0.2, 0.25) is 0 Å². The summed E-state index contributed by atoms with van der Waals surface area (Å²) in [6.07, 6.45) is 6.93. The smallest absolute Gasteiger partial charge is 0.0269 e. The van der Waals surface area contributed by atoms with Crippen molar-refractivity contribution in [2.75, 3.05) is 0 Å². The van der Waals surface area contributed by atoms with Gasteiger partial charge in [-0.25, -0.2) is 0 Å². The lowest BCUT2D eigenvalue weighted by Crippen LogP contribution is -2.38. The molecule has 1 aliphatic carbocycles. The molecule has 0 bridgehead atoms. The standard InChI is InChI=1S/C12H17NS/c1-12(13)6-4-10(5-7-12)9-11-3-2-8-14-11/h2-3,8-9H,4-7,13H2,1H3. The largest absolute Gasteiger partial charge is 0.325 e. The second-order valence-corrected chi connectivity index (χ2v) is 5.45. The first-order chi connectivity index (χ1) is 6.66. The number of thiophene rings is 1. The van der Waals surface area contributed by atoms with Crippen LogP contribution in [0, 0.1) is 0 Å².